The molecule has 1 aromatic heterocycles. The Labute approximate surface area is 90.5 Å². The van der Waals surface area contributed by atoms with Crippen LogP contribution in [0, 0.1) is 0 Å². The van der Waals surface area contributed by atoms with E-state index in [2.05, 4.69) is 16.4 Å². The van der Waals surface area contributed by atoms with Gasteiger partial charge in [0.2, 0.25) is 0 Å². The van der Waals surface area contributed by atoms with Gasteiger partial charge in [-0.2, -0.15) is 0 Å². The lowest BCUT2D eigenvalue weighted by molar-refractivity contribution is 0.0902. The number of rotatable bonds is 3. The van der Waals surface area contributed by atoms with Gasteiger partial charge in [0, 0.05) is 25.0 Å². The number of nitrogens with zero attached hydrogens (tertiary/aromatic N) is 1. The van der Waals surface area contributed by atoms with Crippen LogP contribution < -0.4 is 5.32 Å². The van der Waals surface area contributed by atoms with Crippen molar-refractivity contribution < 1.29 is 5.11 Å². The minimum atomic E-state index is -0.171. The van der Waals surface area contributed by atoms with Crippen LogP contribution in [-0.4, -0.2) is 22.2 Å². The van der Waals surface area contributed by atoms with Gasteiger partial charge in [0.1, 0.15) is 0 Å². The highest BCUT2D eigenvalue weighted by atomic mass is 16.3. The molecule has 1 aliphatic carbocycles. The van der Waals surface area contributed by atoms with Crippen molar-refractivity contribution in [2.75, 3.05) is 0 Å². The Balaban J connectivity index is 1.82. The average Bonchev–Trinajstić information content (AvgIpc) is 2.29. The summed E-state index contributed by atoms with van der Waals surface area (Å²) in [6, 6.07) is 4.25. The lowest BCUT2D eigenvalue weighted by atomic mass is 9.92. The summed E-state index contributed by atoms with van der Waals surface area (Å²) < 4.78 is 0. The molecular weight excluding hydrogens is 188 g/mol. The second kappa shape index (κ2) is 5.24. The standard InChI is InChI=1S/C12H18N2O/c15-12-6-2-1-5-11(12)14-9-10-4-3-7-13-8-10/h3-4,7-8,11-12,14-15H,1-2,5-6,9H2/t11-,12+/m0/s1. The molecule has 3 heteroatoms. The lowest BCUT2D eigenvalue weighted by Crippen LogP contribution is -2.41. The minimum absolute atomic E-state index is 0.171. The summed E-state index contributed by atoms with van der Waals surface area (Å²) in [6.07, 6.45) is 7.87. The average molecular weight is 206 g/mol. The van der Waals surface area contributed by atoms with Crippen molar-refractivity contribution in [2.24, 2.45) is 0 Å². The zero-order valence-electron chi connectivity index (χ0n) is 8.89. The maximum absolute atomic E-state index is 9.77. The fourth-order valence-corrected chi connectivity index (χ4v) is 2.10. The number of pyridine rings is 1. The fourth-order valence-electron chi connectivity index (χ4n) is 2.10. The molecule has 0 saturated heterocycles. The monoisotopic (exact) mass is 206 g/mol. The van der Waals surface area contributed by atoms with Crippen LogP contribution in [0.4, 0.5) is 0 Å². The van der Waals surface area contributed by atoms with Gasteiger partial charge in [0.25, 0.3) is 0 Å². The molecule has 1 heterocycles. The molecule has 2 atom stereocenters. The molecule has 0 unspecified atom stereocenters. The summed E-state index contributed by atoms with van der Waals surface area (Å²) in [5.41, 5.74) is 1.18. The van der Waals surface area contributed by atoms with E-state index in [0.29, 0.717) is 0 Å². The Morgan fingerprint density at radius 3 is 3.00 bits per heavy atom. The first-order valence-electron chi connectivity index (χ1n) is 5.66. The van der Waals surface area contributed by atoms with Gasteiger partial charge in [0.15, 0.2) is 0 Å². The summed E-state index contributed by atoms with van der Waals surface area (Å²) in [5, 5.41) is 13.2. The van der Waals surface area contributed by atoms with Gasteiger partial charge in [-0.05, 0) is 24.5 Å². The number of hydrogen-bond acceptors (Lipinski definition) is 3. The van der Waals surface area contributed by atoms with Crippen molar-refractivity contribution in [3.05, 3.63) is 30.1 Å². The van der Waals surface area contributed by atoms with Crippen molar-refractivity contribution >= 4 is 0 Å². The molecule has 1 saturated carbocycles. The molecule has 15 heavy (non-hydrogen) atoms. The molecular formula is C12H18N2O. The van der Waals surface area contributed by atoms with Gasteiger partial charge < -0.3 is 10.4 Å². The number of hydrogen-bond donors (Lipinski definition) is 2. The summed E-state index contributed by atoms with van der Waals surface area (Å²) in [5.74, 6) is 0. The molecule has 0 bridgehead atoms. The van der Waals surface area contributed by atoms with Gasteiger partial charge in [-0.15, -0.1) is 0 Å². The molecule has 0 amide bonds. The van der Waals surface area contributed by atoms with E-state index in [1.54, 1.807) is 6.20 Å². The van der Waals surface area contributed by atoms with E-state index in [1.807, 2.05) is 12.3 Å². The van der Waals surface area contributed by atoms with E-state index in [9.17, 15) is 5.11 Å². The van der Waals surface area contributed by atoms with Crippen LogP contribution in [0.2, 0.25) is 0 Å². The Morgan fingerprint density at radius 1 is 1.40 bits per heavy atom. The number of aliphatic hydroxyl groups is 1. The molecule has 1 aromatic rings. The SMILES string of the molecule is O[C@@H]1CCCC[C@@H]1NCc1cccnc1. The summed E-state index contributed by atoms with van der Waals surface area (Å²) >= 11 is 0. The second-order valence-corrected chi connectivity index (χ2v) is 4.20. The van der Waals surface area contributed by atoms with Crippen molar-refractivity contribution in [3.63, 3.8) is 0 Å². The Morgan fingerprint density at radius 2 is 2.27 bits per heavy atom. The predicted molar refractivity (Wildman–Crippen MR) is 59.3 cm³/mol. The van der Waals surface area contributed by atoms with Crippen LogP contribution in [0.5, 0.6) is 0 Å². The van der Waals surface area contributed by atoms with Crippen LogP contribution in [0.3, 0.4) is 0 Å². The molecule has 0 aromatic carbocycles. The van der Waals surface area contributed by atoms with Crippen molar-refractivity contribution in [1.82, 2.24) is 10.3 Å². The maximum atomic E-state index is 9.77. The van der Waals surface area contributed by atoms with Gasteiger partial charge in [0.05, 0.1) is 6.10 Å². The zero-order valence-corrected chi connectivity index (χ0v) is 8.89. The van der Waals surface area contributed by atoms with Crippen LogP contribution in [-0.2, 0) is 6.54 Å². The highest BCUT2D eigenvalue weighted by Gasteiger charge is 2.21. The first-order valence-corrected chi connectivity index (χ1v) is 5.66. The van der Waals surface area contributed by atoms with Crippen molar-refractivity contribution in [3.8, 4) is 0 Å². The highest BCUT2D eigenvalue weighted by Crippen LogP contribution is 2.18. The quantitative estimate of drug-likeness (QED) is 0.787. The van der Waals surface area contributed by atoms with Gasteiger partial charge in [-0.25, -0.2) is 0 Å². The molecule has 3 nitrogen and oxygen atoms in total. The molecule has 1 aliphatic rings. The maximum Gasteiger partial charge on any atom is 0.0693 e. The molecule has 0 radical (unpaired) electrons. The Bertz CT molecular complexity index is 289. The molecule has 2 N–H and O–H groups in total. The Kier molecular flexibility index (Phi) is 3.69. The van der Waals surface area contributed by atoms with E-state index in [1.165, 1.54) is 12.0 Å². The van der Waals surface area contributed by atoms with Crippen LogP contribution in [0.25, 0.3) is 0 Å². The van der Waals surface area contributed by atoms with E-state index in [4.69, 9.17) is 0 Å². The van der Waals surface area contributed by atoms with Crippen molar-refractivity contribution in [2.45, 2.75) is 44.4 Å². The molecule has 82 valence electrons. The smallest absolute Gasteiger partial charge is 0.0693 e. The third kappa shape index (κ3) is 3.01. The highest BCUT2D eigenvalue weighted by molar-refractivity contribution is 5.08. The first-order chi connectivity index (χ1) is 7.36. The summed E-state index contributed by atoms with van der Waals surface area (Å²) in [4.78, 5) is 4.06. The van der Waals surface area contributed by atoms with Crippen LogP contribution in [0.15, 0.2) is 24.5 Å². The number of nitrogens with one attached hydrogen (secondary N) is 1. The summed E-state index contributed by atoms with van der Waals surface area (Å²) in [7, 11) is 0. The van der Waals surface area contributed by atoms with Gasteiger partial charge >= 0.3 is 0 Å². The lowest BCUT2D eigenvalue weighted by Gasteiger charge is -2.28. The van der Waals surface area contributed by atoms with E-state index < -0.39 is 0 Å². The van der Waals surface area contributed by atoms with E-state index in [0.717, 1.165) is 25.8 Å². The Hall–Kier alpha value is -0.930. The molecule has 0 spiro atoms. The fraction of sp³-hybridized carbons (Fsp3) is 0.583. The predicted octanol–water partition coefficient (Wildman–Crippen LogP) is 1.47. The number of aromatic nitrogens is 1. The first kappa shape index (κ1) is 10.6. The van der Waals surface area contributed by atoms with Gasteiger partial charge in [-0.3, -0.25) is 4.98 Å². The normalized spacial score (nSPS) is 26.5. The van der Waals surface area contributed by atoms with Crippen LogP contribution >= 0.6 is 0 Å². The zero-order chi connectivity index (χ0) is 10.5. The third-order valence-corrected chi connectivity index (χ3v) is 3.02. The van der Waals surface area contributed by atoms with Gasteiger partial charge in [-0.1, -0.05) is 18.9 Å². The molecule has 1 fully saturated rings. The van der Waals surface area contributed by atoms with Crippen LogP contribution in [0.1, 0.15) is 31.2 Å². The minimum Gasteiger partial charge on any atom is -0.392 e. The second-order valence-electron chi connectivity index (χ2n) is 4.20. The van der Waals surface area contributed by atoms with E-state index in [-0.39, 0.29) is 12.1 Å². The third-order valence-electron chi connectivity index (χ3n) is 3.02. The largest absolute Gasteiger partial charge is 0.392 e. The summed E-state index contributed by atoms with van der Waals surface area (Å²) in [6.45, 7) is 0.801. The number of aliphatic hydroxyl groups excluding tert-OH is 1. The molecule has 2 rings (SSSR count). The van der Waals surface area contributed by atoms with E-state index >= 15 is 0 Å². The topological polar surface area (TPSA) is 45.1 Å². The molecule has 0 aliphatic heterocycles. The van der Waals surface area contributed by atoms with Crippen molar-refractivity contribution in [1.29, 1.82) is 0 Å².